The SMILES string of the molecule is OCc1ccccc1C#CCCCl. The summed E-state index contributed by atoms with van der Waals surface area (Å²) in [5.74, 6) is 6.45. The van der Waals surface area contributed by atoms with Crippen molar-refractivity contribution >= 4 is 11.6 Å². The summed E-state index contributed by atoms with van der Waals surface area (Å²) in [6.07, 6.45) is 0.682. The normalized spacial score (nSPS) is 9.08. The molecule has 0 bridgehead atoms. The van der Waals surface area contributed by atoms with E-state index in [0.29, 0.717) is 12.3 Å². The topological polar surface area (TPSA) is 20.2 Å². The third-order valence-electron chi connectivity index (χ3n) is 1.63. The molecule has 1 rings (SSSR count). The van der Waals surface area contributed by atoms with E-state index in [-0.39, 0.29) is 6.61 Å². The van der Waals surface area contributed by atoms with E-state index in [9.17, 15) is 0 Å². The number of benzene rings is 1. The number of alkyl halides is 1. The highest BCUT2D eigenvalue weighted by atomic mass is 35.5. The Labute approximate surface area is 83.4 Å². The second-order valence-electron chi connectivity index (χ2n) is 2.56. The van der Waals surface area contributed by atoms with Gasteiger partial charge in [-0.1, -0.05) is 30.0 Å². The van der Waals surface area contributed by atoms with Gasteiger partial charge in [0.25, 0.3) is 0 Å². The highest BCUT2D eigenvalue weighted by Gasteiger charge is 1.94. The monoisotopic (exact) mass is 194 g/mol. The molecule has 0 atom stereocenters. The van der Waals surface area contributed by atoms with Gasteiger partial charge in [0, 0.05) is 17.9 Å². The summed E-state index contributed by atoms with van der Waals surface area (Å²) >= 11 is 5.49. The zero-order valence-electron chi connectivity index (χ0n) is 7.26. The van der Waals surface area contributed by atoms with Crippen LogP contribution in [-0.2, 0) is 6.61 Å². The summed E-state index contributed by atoms with van der Waals surface area (Å²) < 4.78 is 0. The summed E-state index contributed by atoms with van der Waals surface area (Å²) in [7, 11) is 0. The number of aliphatic hydroxyl groups excluding tert-OH is 1. The largest absolute Gasteiger partial charge is 0.392 e. The Balaban J connectivity index is 2.82. The van der Waals surface area contributed by atoms with E-state index in [4.69, 9.17) is 16.7 Å². The van der Waals surface area contributed by atoms with E-state index in [1.807, 2.05) is 24.3 Å². The van der Waals surface area contributed by atoms with Crippen molar-refractivity contribution in [3.63, 3.8) is 0 Å². The number of hydrogen-bond acceptors (Lipinski definition) is 1. The number of aliphatic hydroxyl groups is 1. The minimum absolute atomic E-state index is 0.0335. The van der Waals surface area contributed by atoms with E-state index >= 15 is 0 Å². The van der Waals surface area contributed by atoms with Gasteiger partial charge >= 0.3 is 0 Å². The molecule has 13 heavy (non-hydrogen) atoms. The van der Waals surface area contributed by atoms with Crippen LogP contribution in [0, 0.1) is 11.8 Å². The first-order valence-electron chi connectivity index (χ1n) is 4.12. The quantitative estimate of drug-likeness (QED) is 0.565. The third-order valence-corrected chi connectivity index (χ3v) is 1.82. The van der Waals surface area contributed by atoms with Crippen molar-refractivity contribution in [1.82, 2.24) is 0 Å². The molecule has 0 spiro atoms. The van der Waals surface area contributed by atoms with Crippen LogP contribution >= 0.6 is 11.6 Å². The Morgan fingerprint density at radius 3 is 2.77 bits per heavy atom. The first kappa shape index (κ1) is 10.1. The van der Waals surface area contributed by atoms with E-state index in [0.717, 1.165) is 11.1 Å². The number of hydrogen-bond donors (Lipinski definition) is 1. The zero-order valence-corrected chi connectivity index (χ0v) is 8.01. The maximum absolute atomic E-state index is 8.98. The van der Waals surface area contributed by atoms with E-state index in [2.05, 4.69) is 11.8 Å². The molecule has 0 aromatic heterocycles. The van der Waals surface area contributed by atoms with Crippen LogP contribution in [0.3, 0.4) is 0 Å². The average Bonchev–Trinajstić information content (AvgIpc) is 2.19. The van der Waals surface area contributed by atoms with Crippen molar-refractivity contribution in [3.05, 3.63) is 35.4 Å². The van der Waals surface area contributed by atoms with Crippen LogP contribution in [0.2, 0.25) is 0 Å². The smallest absolute Gasteiger partial charge is 0.0694 e. The summed E-state index contributed by atoms with van der Waals surface area (Å²) in [4.78, 5) is 0. The van der Waals surface area contributed by atoms with Crippen LogP contribution < -0.4 is 0 Å². The highest BCUT2D eigenvalue weighted by molar-refractivity contribution is 6.18. The van der Waals surface area contributed by atoms with E-state index in [1.54, 1.807) is 0 Å². The lowest BCUT2D eigenvalue weighted by molar-refractivity contribution is 0.281. The lowest BCUT2D eigenvalue weighted by Crippen LogP contribution is -1.87. The Morgan fingerprint density at radius 2 is 2.08 bits per heavy atom. The molecule has 0 amide bonds. The Morgan fingerprint density at radius 1 is 1.31 bits per heavy atom. The molecule has 1 aromatic carbocycles. The predicted octanol–water partition coefficient (Wildman–Crippen LogP) is 2.16. The molecular formula is C11H11ClO. The van der Waals surface area contributed by atoms with Crippen LogP contribution in [-0.4, -0.2) is 11.0 Å². The average molecular weight is 195 g/mol. The number of rotatable bonds is 2. The molecule has 1 aromatic rings. The molecule has 0 heterocycles. The fourth-order valence-electron chi connectivity index (χ4n) is 0.985. The van der Waals surface area contributed by atoms with Crippen LogP contribution in [0.1, 0.15) is 17.5 Å². The van der Waals surface area contributed by atoms with E-state index < -0.39 is 0 Å². The lowest BCUT2D eigenvalue weighted by atomic mass is 10.1. The Hall–Kier alpha value is -0.970. The minimum atomic E-state index is 0.0335. The molecule has 68 valence electrons. The first-order chi connectivity index (χ1) is 6.38. The van der Waals surface area contributed by atoms with Gasteiger partial charge in [-0.15, -0.1) is 11.6 Å². The van der Waals surface area contributed by atoms with Gasteiger partial charge in [0.15, 0.2) is 0 Å². The fraction of sp³-hybridized carbons (Fsp3) is 0.273. The lowest BCUT2D eigenvalue weighted by Gasteiger charge is -1.98. The summed E-state index contributed by atoms with van der Waals surface area (Å²) in [6, 6.07) is 7.56. The van der Waals surface area contributed by atoms with Crippen molar-refractivity contribution in [3.8, 4) is 11.8 Å². The van der Waals surface area contributed by atoms with Gasteiger partial charge in [0.1, 0.15) is 0 Å². The molecule has 2 heteroatoms. The summed E-state index contributed by atoms with van der Waals surface area (Å²) in [5.41, 5.74) is 1.75. The molecule has 1 N–H and O–H groups in total. The van der Waals surface area contributed by atoms with Crippen molar-refractivity contribution in [2.24, 2.45) is 0 Å². The molecular weight excluding hydrogens is 184 g/mol. The maximum Gasteiger partial charge on any atom is 0.0694 e. The van der Waals surface area contributed by atoms with Crippen molar-refractivity contribution in [2.45, 2.75) is 13.0 Å². The second kappa shape index (κ2) is 5.64. The summed E-state index contributed by atoms with van der Waals surface area (Å²) in [6.45, 7) is 0.0335. The van der Waals surface area contributed by atoms with Gasteiger partial charge in [0.2, 0.25) is 0 Å². The third kappa shape index (κ3) is 3.10. The maximum atomic E-state index is 8.98. The molecule has 0 saturated carbocycles. The first-order valence-corrected chi connectivity index (χ1v) is 4.65. The van der Waals surface area contributed by atoms with Gasteiger partial charge in [-0.25, -0.2) is 0 Å². The van der Waals surface area contributed by atoms with Gasteiger partial charge in [-0.3, -0.25) is 0 Å². The molecule has 0 unspecified atom stereocenters. The molecule has 1 nitrogen and oxygen atoms in total. The molecule has 0 fully saturated rings. The predicted molar refractivity (Wildman–Crippen MR) is 54.6 cm³/mol. The van der Waals surface area contributed by atoms with Gasteiger partial charge < -0.3 is 5.11 Å². The number of halogens is 1. The molecule has 0 aliphatic heterocycles. The van der Waals surface area contributed by atoms with Crippen LogP contribution in [0.4, 0.5) is 0 Å². The molecule has 0 saturated heterocycles. The molecule has 0 aliphatic carbocycles. The van der Waals surface area contributed by atoms with Crippen molar-refractivity contribution in [2.75, 3.05) is 5.88 Å². The summed E-state index contributed by atoms with van der Waals surface area (Å²) in [5, 5.41) is 8.98. The zero-order chi connectivity index (χ0) is 9.52. The van der Waals surface area contributed by atoms with Crippen LogP contribution in [0.15, 0.2) is 24.3 Å². The van der Waals surface area contributed by atoms with Crippen molar-refractivity contribution in [1.29, 1.82) is 0 Å². The highest BCUT2D eigenvalue weighted by Crippen LogP contribution is 2.06. The van der Waals surface area contributed by atoms with Crippen molar-refractivity contribution < 1.29 is 5.11 Å². The Kier molecular flexibility index (Phi) is 4.39. The van der Waals surface area contributed by atoms with Crippen LogP contribution in [0.25, 0.3) is 0 Å². The molecule has 0 radical (unpaired) electrons. The van der Waals surface area contributed by atoms with E-state index in [1.165, 1.54) is 0 Å². The van der Waals surface area contributed by atoms with Gasteiger partial charge in [-0.2, -0.15) is 0 Å². The second-order valence-corrected chi connectivity index (χ2v) is 2.93. The Bertz CT molecular complexity index is 322. The van der Waals surface area contributed by atoms with Crippen LogP contribution in [0.5, 0.6) is 0 Å². The van der Waals surface area contributed by atoms with Gasteiger partial charge in [-0.05, 0) is 11.6 Å². The molecule has 0 aliphatic rings. The fourth-order valence-corrected chi connectivity index (χ4v) is 1.08. The standard InChI is InChI=1S/C11H11ClO/c12-8-4-3-6-10-5-1-2-7-11(10)9-13/h1-2,5,7,13H,4,8-9H2. The van der Waals surface area contributed by atoms with Gasteiger partial charge in [0.05, 0.1) is 6.61 Å². The minimum Gasteiger partial charge on any atom is -0.392 e.